The molecule has 1 amide bonds. The molecule has 0 spiro atoms. The first-order chi connectivity index (χ1) is 13.1. The van der Waals surface area contributed by atoms with E-state index < -0.39 is 0 Å². The molecular weight excluding hydrogens is 342 g/mol. The number of carbonyl (C=O) groups excluding carboxylic acids is 1. The molecule has 3 heterocycles. The lowest BCUT2D eigenvalue weighted by Crippen LogP contribution is -2.40. The first-order valence-corrected chi connectivity index (χ1v) is 8.87. The van der Waals surface area contributed by atoms with Crippen molar-refractivity contribution in [3.63, 3.8) is 0 Å². The van der Waals surface area contributed by atoms with Crippen molar-refractivity contribution < 1.29 is 9.53 Å². The number of nitrogens with zero attached hydrogens (tertiary/aromatic N) is 3. The normalized spacial score (nSPS) is 14.3. The fraction of sp³-hybridized carbons (Fsp3) is 0.250. The number of hydrogen-bond donors (Lipinski definition) is 2. The maximum atomic E-state index is 12.7. The maximum absolute atomic E-state index is 12.7. The van der Waals surface area contributed by atoms with Crippen molar-refractivity contribution in [1.29, 1.82) is 0 Å². The van der Waals surface area contributed by atoms with Crippen molar-refractivity contribution in [3.8, 4) is 22.4 Å². The average Bonchev–Trinajstić information content (AvgIpc) is 3.18. The Bertz CT molecular complexity index is 976. The molecule has 7 nitrogen and oxygen atoms in total. The standard InChI is InChI=1S/C20H21N5O2/c1-13-3-2-4-14(9-13)16-12-23-20(21)24-18(16)15-10-17(22-11-15)19(26)25-5-7-27-8-6-25/h2-4,9-12,22H,5-8H2,1H3,(H2,21,23,24). The van der Waals surface area contributed by atoms with Crippen LogP contribution in [-0.2, 0) is 4.74 Å². The van der Waals surface area contributed by atoms with Crippen LogP contribution in [0.25, 0.3) is 22.4 Å². The first-order valence-electron chi connectivity index (χ1n) is 8.87. The maximum Gasteiger partial charge on any atom is 0.270 e. The predicted octanol–water partition coefficient (Wildman–Crippen LogP) is 2.50. The molecule has 0 unspecified atom stereocenters. The number of ether oxygens (including phenoxy) is 1. The Balaban J connectivity index is 1.71. The molecule has 1 aliphatic heterocycles. The summed E-state index contributed by atoms with van der Waals surface area (Å²) in [6.45, 7) is 4.37. The second-order valence-electron chi connectivity index (χ2n) is 6.57. The van der Waals surface area contributed by atoms with Crippen LogP contribution in [0.1, 0.15) is 16.1 Å². The number of amides is 1. The molecule has 7 heteroatoms. The molecule has 0 radical (unpaired) electrons. The van der Waals surface area contributed by atoms with Gasteiger partial charge in [0.05, 0.1) is 18.9 Å². The van der Waals surface area contributed by atoms with E-state index in [-0.39, 0.29) is 11.9 Å². The molecule has 3 aromatic rings. The Morgan fingerprint density at radius 2 is 2.04 bits per heavy atom. The summed E-state index contributed by atoms with van der Waals surface area (Å²) in [7, 11) is 0. The highest BCUT2D eigenvalue weighted by molar-refractivity contribution is 5.94. The van der Waals surface area contributed by atoms with E-state index in [1.54, 1.807) is 17.3 Å². The third-order valence-electron chi connectivity index (χ3n) is 4.62. The number of aryl methyl sites for hydroxylation is 1. The highest BCUT2D eigenvalue weighted by atomic mass is 16.5. The number of aromatic amines is 1. The number of benzene rings is 1. The fourth-order valence-corrected chi connectivity index (χ4v) is 3.23. The van der Waals surface area contributed by atoms with Gasteiger partial charge in [-0.15, -0.1) is 0 Å². The quantitative estimate of drug-likeness (QED) is 0.745. The van der Waals surface area contributed by atoms with Gasteiger partial charge in [0.15, 0.2) is 0 Å². The zero-order valence-electron chi connectivity index (χ0n) is 15.1. The molecule has 4 rings (SSSR count). The summed E-state index contributed by atoms with van der Waals surface area (Å²) in [5, 5.41) is 0. The third-order valence-corrected chi connectivity index (χ3v) is 4.62. The number of morpholine rings is 1. The first kappa shape index (κ1) is 17.2. The zero-order chi connectivity index (χ0) is 18.8. The number of nitrogen functional groups attached to an aromatic ring is 1. The molecule has 1 aliphatic rings. The molecule has 1 fully saturated rings. The molecule has 3 N–H and O–H groups in total. The van der Waals surface area contributed by atoms with E-state index in [1.165, 1.54) is 0 Å². The third kappa shape index (κ3) is 3.54. The lowest BCUT2D eigenvalue weighted by molar-refractivity contribution is 0.0299. The highest BCUT2D eigenvalue weighted by Crippen LogP contribution is 2.31. The van der Waals surface area contributed by atoms with Gasteiger partial charge in [-0.3, -0.25) is 4.79 Å². The second kappa shape index (κ2) is 7.20. The lowest BCUT2D eigenvalue weighted by Gasteiger charge is -2.26. The van der Waals surface area contributed by atoms with E-state index >= 15 is 0 Å². The van der Waals surface area contributed by atoms with E-state index in [9.17, 15) is 4.79 Å². The van der Waals surface area contributed by atoms with Crippen molar-refractivity contribution in [2.24, 2.45) is 0 Å². The molecule has 27 heavy (non-hydrogen) atoms. The number of nitrogens with one attached hydrogen (secondary N) is 1. The van der Waals surface area contributed by atoms with Crippen LogP contribution >= 0.6 is 0 Å². The number of aromatic nitrogens is 3. The van der Waals surface area contributed by atoms with Gasteiger partial charge in [-0.25, -0.2) is 9.97 Å². The highest BCUT2D eigenvalue weighted by Gasteiger charge is 2.21. The second-order valence-corrected chi connectivity index (χ2v) is 6.57. The Hall–Kier alpha value is -3.19. The zero-order valence-corrected chi connectivity index (χ0v) is 15.1. The predicted molar refractivity (Wildman–Crippen MR) is 103 cm³/mol. The summed E-state index contributed by atoms with van der Waals surface area (Å²) in [6, 6.07) is 9.94. The number of rotatable bonds is 3. The van der Waals surface area contributed by atoms with Crippen LogP contribution in [0, 0.1) is 6.92 Å². The largest absolute Gasteiger partial charge is 0.378 e. The van der Waals surface area contributed by atoms with E-state index in [0.29, 0.717) is 37.7 Å². The molecule has 2 aromatic heterocycles. The minimum absolute atomic E-state index is 0.0383. The number of anilines is 1. The van der Waals surface area contributed by atoms with Crippen molar-refractivity contribution in [2.75, 3.05) is 32.0 Å². The summed E-state index contributed by atoms with van der Waals surface area (Å²) in [6.07, 6.45) is 3.51. The van der Waals surface area contributed by atoms with Gasteiger partial charge in [0.2, 0.25) is 5.95 Å². The van der Waals surface area contributed by atoms with Crippen molar-refractivity contribution >= 4 is 11.9 Å². The average molecular weight is 363 g/mol. The Kier molecular flexibility index (Phi) is 4.60. The molecule has 0 bridgehead atoms. The monoisotopic (exact) mass is 363 g/mol. The van der Waals surface area contributed by atoms with E-state index in [2.05, 4.69) is 21.0 Å². The topological polar surface area (TPSA) is 97.1 Å². The summed E-state index contributed by atoms with van der Waals surface area (Å²) in [5.41, 5.74) is 10.9. The van der Waals surface area contributed by atoms with Crippen LogP contribution in [0.15, 0.2) is 42.7 Å². The van der Waals surface area contributed by atoms with Crippen molar-refractivity contribution in [1.82, 2.24) is 19.9 Å². The minimum atomic E-state index is -0.0383. The van der Waals surface area contributed by atoms with Crippen LogP contribution in [0.3, 0.4) is 0 Å². The van der Waals surface area contributed by atoms with Gasteiger partial charge in [-0.05, 0) is 18.6 Å². The van der Waals surface area contributed by atoms with Gasteiger partial charge in [-0.2, -0.15) is 0 Å². The van der Waals surface area contributed by atoms with Gasteiger partial charge in [0, 0.05) is 36.6 Å². The Morgan fingerprint density at radius 1 is 1.22 bits per heavy atom. The van der Waals surface area contributed by atoms with Gasteiger partial charge >= 0.3 is 0 Å². The lowest BCUT2D eigenvalue weighted by atomic mass is 10.0. The summed E-state index contributed by atoms with van der Waals surface area (Å²) in [4.78, 5) is 26.1. The number of carbonyl (C=O) groups is 1. The van der Waals surface area contributed by atoms with E-state index in [0.717, 1.165) is 22.3 Å². The van der Waals surface area contributed by atoms with Gasteiger partial charge < -0.3 is 20.4 Å². The molecule has 0 atom stereocenters. The Labute approximate surface area is 157 Å². The molecule has 138 valence electrons. The van der Waals surface area contributed by atoms with Crippen LogP contribution in [0.5, 0.6) is 0 Å². The summed E-state index contributed by atoms with van der Waals surface area (Å²) < 4.78 is 5.31. The number of nitrogens with two attached hydrogens (primary N) is 1. The summed E-state index contributed by atoms with van der Waals surface area (Å²) >= 11 is 0. The summed E-state index contributed by atoms with van der Waals surface area (Å²) in [5.74, 6) is 0.160. The van der Waals surface area contributed by atoms with Crippen LogP contribution < -0.4 is 5.73 Å². The van der Waals surface area contributed by atoms with Gasteiger partial charge in [-0.1, -0.05) is 29.8 Å². The SMILES string of the molecule is Cc1cccc(-c2cnc(N)nc2-c2c[nH]c(C(=O)N3CCOCC3)c2)c1. The van der Waals surface area contributed by atoms with Crippen molar-refractivity contribution in [3.05, 3.63) is 54.0 Å². The number of H-pyrrole nitrogens is 1. The minimum Gasteiger partial charge on any atom is -0.378 e. The van der Waals surface area contributed by atoms with E-state index in [1.807, 2.05) is 31.2 Å². The molecule has 1 saturated heterocycles. The molecule has 0 aliphatic carbocycles. The fourth-order valence-electron chi connectivity index (χ4n) is 3.23. The smallest absolute Gasteiger partial charge is 0.270 e. The van der Waals surface area contributed by atoms with Crippen LogP contribution in [0.4, 0.5) is 5.95 Å². The van der Waals surface area contributed by atoms with Crippen LogP contribution in [0.2, 0.25) is 0 Å². The van der Waals surface area contributed by atoms with E-state index in [4.69, 9.17) is 10.5 Å². The van der Waals surface area contributed by atoms with Crippen molar-refractivity contribution in [2.45, 2.75) is 6.92 Å². The van der Waals surface area contributed by atoms with Gasteiger partial charge in [0.25, 0.3) is 5.91 Å². The molecular formula is C20H21N5O2. The Morgan fingerprint density at radius 3 is 2.81 bits per heavy atom. The van der Waals surface area contributed by atoms with Crippen LogP contribution in [-0.4, -0.2) is 52.1 Å². The number of hydrogen-bond acceptors (Lipinski definition) is 5. The molecule has 1 aromatic carbocycles. The molecule has 0 saturated carbocycles. The van der Waals surface area contributed by atoms with Gasteiger partial charge in [0.1, 0.15) is 5.69 Å².